The summed E-state index contributed by atoms with van der Waals surface area (Å²) < 4.78 is 10.7. The highest BCUT2D eigenvalue weighted by atomic mass is 16.5. The molecule has 0 aliphatic heterocycles. The molecular formula is C14H23NO2. The van der Waals surface area contributed by atoms with Crippen LogP contribution in [-0.4, -0.2) is 26.9 Å². The molecule has 0 amide bonds. The number of hydrogen-bond acceptors (Lipinski definition) is 3. The number of ether oxygens (including phenoxy) is 2. The van der Waals surface area contributed by atoms with Crippen molar-refractivity contribution in [2.45, 2.75) is 26.3 Å². The summed E-state index contributed by atoms with van der Waals surface area (Å²) in [4.78, 5) is 0. The molecule has 0 fully saturated rings. The summed E-state index contributed by atoms with van der Waals surface area (Å²) in [5.74, 6) is 0.956. The third-order valence-corrected chi connectivity index (χ3v) is 2.49. The Bertz CT molecular complexity index is 302. The molecule has 1 rings (SSSR count). The molecule has 1 N–H and O–H groups in total. The Morgan fingerprint density at radius 1 is 1.18 bits per heavy atom. The number of rotatable bonds is 9. The second-order valence-corrected chi connectivity index (χ2v) is 3.98. The van der Waals surface area contributed by atoms with Gasteiger partial charge in [-0.3, -0.25) is 0 Å². The smallest absolute Gasteiger partial charge is 0.119 e. The lowest BCUT2D eigenvalue weighted by Gasteiger charge is -2.08. The van der Waals surface area contributed by atoms with Crippen LogP contribution in [0.3, 0.4) is 0 Å². The van der Waals surface area contributed by atoms with E-state index in [1.807, 2.05) is 12.1 Å². The highest BCUT2D eigenvalue weighted by molar-refractivity contribution is 5.28. The summed E-state index contributed by atoms with van der Waals surface area (Å²) >= 11 is 0. The van der Waals surface area contributed by atoms with E-state index in [9.17, 15) is 0 Å². The van der Waals surface area contributed by atoms with E-state index in [2.05, 4.69) is 24.4 Å². The van der Waals surface area contributed by atoms with Crippen molar-refractivity contribution in [2.75, 3.05) is 26.9 Å². The minimum atomic E-state index is 0.758. The van der Waals surface area contributed by atoms with Gasteiger partial charge in [0, 0.05) is 20.3 Å². The Hall–Kier alpha value is -1.06. The molecule has 1 aromatic rings. The number of hydrogen-bond donors (Lipinski definition) is 1. The maximum absolute atomic E-state index is 5.69. The first kappa shape index (κ1) is 14.0. The fourth-order valence-electron chi connectivity index (χ4n) is 1.55. The molecule has 96 valence electrons. The minimum Gasteiger partial charge on any atom is -0.494 e. The van der Waals surface area contributed by atoms with Gasteiger partial charge in [-0.05, 0) is 37.1 Å². The van der Waals surface area contributed by atoms with Gasteiger partial charge >= 0.3 is 0 Å². The molecule has 3 heteroatoms. The molecule has 0 saturated heterocycles. The summed E-state index contributed by atoms with van der Waals surface area (Å²) in [7, 11) is 1.73. The summed E-state index contributed by atoms with van der Waals surface area (Å²) in [5, 5.41) is 3.30. The summed E-state index contributed by atoms with van der Waals surface area (Å²) in [6.07, 6.45) is 2.08. The molecule has 0 spiro atoms. The summed E-state index contributed by atoms with van der Waals surface area (Å²) in [6.45, 7) is 5.56. The zero-order chi connectivity index (χ0) is 12.3. The van der Waals surface area contributed by atoms with Gasteiger partial charge in [-0.15, -0.1) is 0 Å². The lowest BCUT2D eigenvalue weighted by Crippen LogP contribution is -2.11. The standard InChI is InChI=1S/C14H23NO2/c1-3-15-12-13-7-6-8-14(11-13)17-10-5-4-9-16-2/h6-8,11,15H,3-5,9-10,12H2,1-2H3. The van der Waals surface area contributed by atoms with E-state index in [-0.39, 0.29) is 0 Å². The van der Waals surface area contributed by atoms with E-state index in [0.717, 1.165) is 44.9 Å². The van der Waals surface area contributed by atoms with Crippen LogP contribution >= 0.6 is 0 Å². The molecule has 1 aromatic carbocycles. The maximum Gasteiger partial charge on any atom is 0.119 e. The van der Waals surface area contributed by atoms with Crippen molar-refractivity contribution in [1.29, 1.82) is 0 Å². The van der Waals surface area contributed by atoms with Crippen LogP contribution < -0.4 is 10.1 Å². The number of unbranched alkanes of at least 4 members (excludes halogenated alkanes) is 1. The molecule has 0 aliphatic rings. The van der Waals surface area contributed by atoms with Crippen LogP contribution in [0.25, 0.3) is 0 Å². The van der Waals surface area contributed by atoms with Gasteiger partial charge in [-0.2, -0.15) is 0 Å². The molecule has 17 heavy (non-hydrogen) atoms. The molecule has 0 heterocycles. The topological polar surface area (TPSA) is 30.5 Å². The predicted octanol–water partition coefficient (Wildman–Crippen LogP) is 2.60. The van der Waals surface area contributed by atoms with Crippen molar-refractivity contribution in [3.8, 4) is 5.75 Å². The van der Waals surface area contributed by atoms with Crippen molar-refractivity contribution in [3.05, 3.63) is 29.8 Å². The lowest BCUT2D eigenvalue weighted by atomic mass is 10.2. The molecule has 0 saturated carbocycles. The molecule has 0 unspecified atom stereocenters. The number of benzene rings is 1. The normalized spacial score (nSPS) is 10.5. The van der Waals surface area contributed by atoms with Gasteiger partial charge in [-0.1, -0.05) is 19.1 Å². The Morgan fingerprint density at radius 3 is 2.76 bits per heavy atom. The van der Waals surface area contributed by atoms with E-state index in [0.29, 0.717) is 0 Å². The maximum atomic E-state index is 5.69. The second kappa shape index (κ2) is 9.02. The first-order valence-corrected chi connectivity index (χ1v) is 6.28. The Morgan fingerprint density at radius 2 is 2.00 bits per heavy atom. The average molecular weight is 237 g/mol. The zero-order valence-corrected chi connectivity index (χ0v) is 10.9. The van der Waals surface area contributed by atoms with Crippen molar-refractivity contribution >= 4 is 0 Å². The SMILES string of the molecule is CCNCc1cccc(OCCCCOC)c1. The molecule has 3 nitrogen and oxygen atoms in total. The largest absolute Gasteiger partial charge is 0.494 e. The number of nitrogens with one attached hydrogen (secondary N) is 1. The zero-order valence-electron chi connectivity index (χ0n) is 10.9. The van der Waals surface area contributed by atoms with E-state index < -0.39 is 0 Å². The molecular weight excluding hydrogens is 214 g/mol. The molecule has 0 aromatic heterocycles. The van der Waals surface area contributed by atoms with Gasteiger partial charge in [0.15, 0.2) is 0 Å². The van der Waals surface area contributed by atoms with E-state index >= 15 is 0 Å². The van der Waals surface area contributed by atoms with Crippen LogP contribution in [0, 0.1) is 0 Å². The first-order valence-electron chi connectivity index (χ1n) is 6.28. The van der Waals surface area contributed by atoms with Crippen molar-refractivity contribution in [1.82, 2.24) is 5.32 Å². The Labute approximate surface area is 104 Å². The fourth-order valence-corrected chi connectivity index (χ4v) is 1.55. The quantitative estimate of drug-likeness (QED) is 0.670. The lowest BCUT2D eigenvalue weighted by molar-refractivity contribution is 0.184. The average Bonchev–Trinajstić information content (AvgIpc) is 2.37. The summed E-state index contributed by atoms with van der Waals surface area (Å²) in [5.41, 5.74) is 1.27. The van der Waals surface area contributed by atoms with Gasteiger partial charge in [0.25, 0.3) is 0 Å². The molecule has 0 atom stereocenters. The van der Waals surface area contributed by atoms with Gasteiger partial charge in [-0.25, -0.2) is 0 Å². The third-order valence-electron chi connectivity index (χ3n) is 2.49. The van der Waals surface area contributed by atoms with E-state index in [4.69, 9.17) is 9.47 Å². The minimum absolute atomic E-state index is 0.758. The van der Waals surface area contributed by atoms with Crippen LogP contribution in [0.2, 0.25) is 0 Å². The van der Waals surface area contributed by atoms with Crippen LogP contribution in [-0.2, 0) is 11.3 Å². The van der Waals surface area contributed by atoms with Crippen molar-refractivity contribution in [2.24, 2.45) is 0 Å². The van der Waals surface area contributed by atoms with Crippen LogP contribution in [0.5, 0.6) is 5.75 Å². The van der Waals surface area contributed by atoms with Gasteiger partial charge in [0.1, 0.15) is 5.75 Å². The fraction of sp³-hybridized carbons (Fsp3) is 0.571. The number of methoxy groups -OCH3 is 1. The Balaban J connectivity index is 2.27. The summed E-state index contributed by atoms with van der Waals surface area (Å²) in [6, 6.07) is 8.25. The Kier molecular flexibility index (Phi) is 7.43. The van der Waals surface area contributed by atoms with Gasteiger partial charge < -0.3 is 14.8 Å². The molecule has 0 bridgehead atoms. The predicted molar refractivity (Wildman–Crippen MR) is 70.4 cm³/mol. The van der Waals surface area contributed by atoms with Gasteiger partial charge in [0.05, 0.1) is 6.61 Å². The third kappa shape index (κ3) is 6.29. The van der Waals surface area contributed by atoms with Crippen LogP contribution in [0.4, 0.5) is 0 Å². The first-order chi connectivity index (χ1) is 8.36. The monoisotopic (exact) mass is 237 g/mol. The van der Waals surface area contributed by atoms with Crippen molar-refractivity contribution in [3.63, 3.8) is 0 Å². The highest BCUT2D eigenvalue weighted by Gasteiger charge is 1.96. The van der Waals surface area contributed by atoms with Crippen LogP contribution in [0.1, 0.15) is 25.3 Å². The van der Waals surface area contributed by atoms with E-state index in [1.165, 1.54) is 5.56 Å². The van der Waals surface area contributed by atoms with Crippen molar-refractivity contribution < 1.29 is 9.47 Å². The van der Waals surface area contributed by atoms with Crippen LogP contribution in [0.15, 0.2) is 24.3 Å². The highest BCUT2D eigenvalue weighted by Crippen LogP contribution is 2.13. The van der Waals surface area contributed by atoms with E-state index in [1.54, 1.807) is 7.11 Å². The molecule has 0 radical (unpaired) electrons. The molecule has 0 aliphatic carbocycles. The van der Waals surface area contributed by atoms with Gasteiger partial charge in [0.2, 0.25) is 0 Å². The second-order valence-electron chi connectivity index (χ2n) is 3.98.